The molecule has 1 saturated heterocycles. The topological polar surface area (TPSA) is 59.0 Å². The summed E-state index contributed by atoms with van der Waals surface area (Å²) in [4.78, 5) is 13.0. The lowest BCUT2D eigenvalue weighted by molar-refractivity contribution is -0.138. The second-order valence-electron chi connectivity index (χ2n) is 8.01. The number of likely N-dealkylation sites (tertiary alicyclic amines) is 1. The summed E-state index contributed by atoms with van der Waals surface area (Å²) < 4.78 is 12.0. The van der Waals surface area contributed by atoms with Gasteiger partial charge < -0.3 is 14.6 Å². The lowest BCUT2D eigenvalue weighted by Gasteiger charge is -2.37. The van der Waals surface area contributed by atoms with Crippen molar-refractivity contribution in [3.63, 3.8) is 0 Å². The maximum absolute atomic E-state index is 10.9. The van der Waals surface area contributed by atoms with Crippen LogP contribution in [0, 0.1) is 0 Å². The van der Waals surface area contributed by atoms with Crippen molar-refractivity contribution in [3.8, 4) is 11.5 Å². The fraction of sp³-hybridized carbons (Fsp3) is 0.682. The van der Waals surface area contributed by atoms with E-state index in [1.54, 1.807) is 0 Å². The first-order valence-electron chi connectivity index (χ1n) is 10.5. The predicted octanol–water partition coefficient (Wildman–Crippen LogP) is 4.24. The predicted molar refractivity (Wildman–Crippen MR) is 106 cm³/mol. The fourth-order valence-electron chi connectivity index (χ4n) is 4.25. The Balaban J connectivity index is 1.52. The van der Waals surface area contributed by atoms with Crippen LogP contribution < -0.4 is 9.47 Å². The zero-order valence-corrected chi connectivity index (χ0v) is 16.5. The van der Waals surface area contributed by atoms with Crippen LogP contribution in [0.1, 0.15) is 63.9 Å². The lowest BCUT2D eigenvalue weighted by Crippen LogP contribution is -2.45. The molecule has 1 fully saturated rings. The maximum atomic E-state index is 10.9. The van der Waals surface area contributed by atoms with E-state index in [-0.39, 0.29) is 12.0 Å². The maximum Gasteiger partial charge on any atom is 0.317 e. The van der Waals surface area contributed by atoms with Crippen LogP contribution in [-0.4, -0.2) is 48.8 Å². The van der Waals surface area contributed by atoms with Gasteiger partial charge in [0.1, 0.15) is 11.5 Å². The number of unbranched alkanes of at least 4 members (excludes halogenated alkanes) is 5. The zero-order chi connectivity index (χ0) is 19.1. The third-order valence-electron chi connectivity index (χ3n) is 5.97. The summed E-state index contributed by atoms with van der Waals surface area (Å²) >= 11 is 0. The first-order valence-corrected chi connectivity index (χ1v) is 10.5. The van der Waals surface area contributed by atoms with Crippen LogP contribution in [0.4, 0.5) is 0 Å². The molecule has 0 atom stereocenters. The van der Waals surface area contributed by atoms with Gasteiger partial charge in [-0.3, -0.25) is 9.69 Å². The van der Waals surface area contributed by atoms with E-state index in [0.717, 1.165) is 50.5 Å². The largest absolute Gasteiger partial charge is 0.494 e. The number of ether oxygens (including phenoxy) is 2. The van der Waals surface area contributed by atoms with E-state index in [0.29, 0.717) is 6.61 Å². The summed E-state index contributed by atoms with van der Waals surface area (Å²) in [5.74, 6) is 1.15. The summed E-state index contributed by atoms with van der Waals surface area (Å²) in [5, 5.41) is 9.00. The second-order valence-corrected chi connectivity index (χ2v) is 8.01. The van der Waals surface area contributed by atoms with Crippen molar-refractivity contribution in [2.24, 2.45) is 0 Å². The van der Waals surface area contributed by atoms with E-state index in [2.05, 4.69) is 13.0 Å². The minimum atomic E-state index is -0.751. The monoisotopic (exact) mass is 375 g/mol. The SMILES string of the molecule is CCCCCCCCOc1ccc2c(c1)C1(CCN(CC(=O)O)CC1)CO2. The second kappa shape index (κ2) is 9.45. The highest BCUT2D eigenvalue weighted by Crippen LogP contribution is 2.46. The molecule has 1 aromatic carbocycles. The summed E-state index contributed by atoms with van der Waals surface area (Å²) in [7, 11) is 0. The van der Waals surface area contributed by atoms with Crippen molar-refractivity contribution in [3.05, 3.63) is 23.8 Å². The molecular weight excluding hydrogens is 342 g/mol. The molecule has 0 aliphatic carbocycles. The van der Waals surface area contributed by atoms with E-state index in [1.165, 1.54) is 37.7 Å². The summed E-state index contributed by atoms with van der Waals surface area (Å²) in [6, 6.07) is 6.20. The Labute approximate surface area is 162 Å². The molecule has 2 heterocycles. The van der Waals surface area contributed by atoms with Crippen molar-refractivity contribution in [2.75, 3.05) is 32.8 Å². The molecule has 0 aromatic heterocycles. The average molecular weight is 376 g/mol. The van der Waals surface area contributed by atoms with E-state index in [4.69, 9.17) is 14.6 Å². The molecule has 2 aliphatic rings. The van der Waals surface area contributed by atoms with Gasteiger partial charge in [0.25, 0.3) is 0 Å². The van der Waals surface area contributed by atoms with Gasteiger partial charge in [0.05, 0.1) is 19.8 Å². The third kappa shape index (κ3) is 5.16. The van der Waals surface area contributed by atoms with E-state index >= 15 is 0 Å². The van der Waals surface area contributed by atoms with Gasteiger partial charge in [-0.15, -0.1) is 0 Å². The minimum Gasteiger partial charge on any atom is -0.494 e. The van der Waals surface area contributed by atoms with Crippen LogP contribution in [0.25, 0.3) is 0 Å². The molecule has 27 heavy (non-hydrogen) atoms. The number of carboxylic acid groups (broad SMARTS) is 1. The number of piperidine rings is 1. The van der Waals surface area contributed by atoms with Crippen molar-refractivity contribution in [1.29, 1.82) is 0 Å². The van der Waals surface area contributed by atoms with Crippen LogP contribution in [0.3, 0.4) is 0 Å². The first kappa shape index (κ1) is 20.0. The molecule has 5 heteroatoms. The molecule has 1 N–H and O–H groups in total. The first-order chi connectivity index (χ1) is 13.1. The van der Waals surface area contributed by atoms with Crippen molar-refractivity contribution in [1.82, 2.24) is 4.90 Å². The molecule has 0 saturated carbocycles. The number of hydrogen-bond acceptors (Lipinski definition) is 4. The summed E-state index contributed by atoms with van der Waals surface area (Å²) in [6.45, 7) is 5.44. The molecule has 3 rings (SSSR count). The minimum absolute atomic E-state index is 0.0177. The van der Waals surface area contributed by atoms with Gasteiger partial charge in [-0.25, -0.2) is 0 Å². The van der Waals surface area contributed by atoms with Crippen molar-refractivity contribution >= 4 is 5.97 Å². The fourth-order valence-corrected chi connectivity index (χ4v) is 4.25. The van der Waals surface area contributed by atoms with E-state index in [9.17, 15) is 4.79 Å². The van der Waals surface area contributed by atoms with Crippen LogP contribution in [0.15, 0.2) is 18.2 Å². The molecule has 1 aromatic rings. The summed E-state index contributed by atoms with van der Waals surface area (Å²) in [6.07, 6.45) is 9.45. The molecule has 2 aliphatic heterocycles. The Morgan fingerprint density at radius 2 is 1.93 bits per heavy atom. The van der Waals surface area contributed by atoms with E-state index < -0.39 is 5.97 Å². The molecule has 0 bridgehead atoms. The normalized spacial score (nSPS) is 18.3. The standard InChI is InChI=1S/C22H33NO4/c1-2-3-4-5-6-7-14-26-18-8-9-20-19(15-18)22(17-27-20)10-12-23(13-11-22)16-21(24)25/h8-9,15H,2-7,10-14,16-17H2,1H3,(H,24,25). The number of hydrogen-bond donors (Lipinski definition) is 1. The Kier molecular flexibility index (Phi) is 7.00. The molecule has 0 radical (unpaired) electrons. The van der Waals surface area contributed by atoms with Crippen molar-refractivity contribution < 1.29 is 19.4 Å². The summed E-state index contributed by atoms with van der Waals surface area (Å²) in [5.41, 5.74) is 1.27. The zero-order valence-electron chi connectivity index (χ0n) is 16.5. The van der Waals surface area contributed by atoms with Gasteiger partial charge >= 0.3 is 5.97 Å². The van der Waals surface area contributed by atoms with Crippen LogP contribution in [0.5, 0.6) is 11.5 Å². The third-order valence-corrected chi connectivity index (χ3v) is 5.97. The quantitative estimate of drug-likeness (QED) is 0.620. The van der Waals surface area contributed by atoms with Gasteiger partial charge in [0, 0.05) is 11.0 Å². The number of rotatable bonds is 10. The average Bonchev–Trinajstić information content (AvgIpc) is 3.01. The van der Waals surface area contributed by atoms with E-state index in [1.807, 2.05) is 17.0 Å². The highest BCUT2D eigenvalue weighted by molar-refractivity contribution is 5.69. The molecule has 5 nitrogen and oxygen atoms in total. The number of carboxylic acids is 1. The van der Waals surface area contributed by atoms with Gasteiger partial charge in [-0.1, -0.05) is 39.0 Å². The van der Waals surface area contributed by atoms with Gasteiger partial charge in [0.15, 0.2) is 0 Å². The molecule has 0 amide bonds. The van der Waals surface area contributed by atoms with Gasteiger partial charge in [-0.2, -0.15) is 0 Å². The Morgan fingerprint density at radius 3 is 2.67 bits per heavy atom. The van der Waals surface area contributed by atoms with Crippen LogP contribution >= 0.6 is 0 Å². The molecular formula is C22H33NO4. The van der Waals surface area contributed by atoms with Crippen LogP contribution in [-0.2, 0) is 10.2 Å². The number of aliphatic carboxylic acids is 1. The molecule has 1 spiro atoms. The highest BCUT2D eigenvalue weighted by atomic mass is 16.5. The lowest BCUT2D eigenvalue weighted by atomic mass is 9.74. The number of nitrogens with zero attached hydrogens (tertiary/aromatic N) is 1. The molecule has 0 unspecified atom stereocenters. The van der Waals surface area contributed by atoms with Crippen molar-refractivity contribution in [2.45, 2.75) is 63.7 Å². The number of carbonyl (C=O) groups is 1. The Bertz CT molecular complexity index is 623. The number of fused-ring (bicyclic) bond motifs is 2. The molecule has 150 valence electrons. The van der Waals surface area contributed by atoms with Gasteiger partial charge in [-0.05, 0) is 50.6 Å². The smallest absolute Gasteiger partial charge is 0.317 e. The van der Waals surface area contributed by atoms with Gasteiger partial charge in [0.2, 0.25) is 0 Å². The Hall–Kier alpha value is -1.75. The highest BCUT2D eigenvalue weighted by Gasteiger charge is 2.43. The Morgan fingerprint density at radius 1 is 1.19 bits per heavy atom. The number of benzene rings is 1. The van der Waals surface area contributed by atoms with Crippen LogP contribution in [0.2, 0.25) is 0 Å².